The number of aliphatic hydroxyl groups is 1. The summed E-state index contributed by atoms with van der Waals surface area (Å²) in [4.78, 5) is 63.6. The molecule has 0 fully saturated rings. The van der Waals surface area contributed by atoms with Gasteiger partial charge in [0.15, 0.2) is 5.60 Å². The van der Waals surface area contributed by atoms with Crippen LogP contribution in [0.2, 0.25) is 0 Å². The van der Waals surface area contributed by atoms with Crippen molar-refractivity contribution in [2.24, 2.45) is 11.7 Å². The second-order valence-electron chi connectivity index (χ2n) is 14.1. The van der Waals surface area contributed by atoms with Crippen LogP contribution in [-0.4, -0.2) is 63.6 Å². The van der Waals surface area contributed by atoms with Crippen LogP contribution in [0.4, 0.5) is 0 Å². The lowest BCUT2D eigenvalue weighted by atomic mass is 9.82. The van der Waals surface area contributed by atoms with Gasteiger partial charge in [0.2, 0.25) is 11.8 Å². The number of ether oxygens (including phenoxy) is 2. The van der Waals surface area contributed by atoms with Crippen molar-refractivity contribution in [3.8, 4) is 5.75 Å². The summed E-state index contributed by atoms with van der Waals surface area (Å²) >= 11 is 0. The molecule has 0 aliphatic carbocycles. The molecule has 1 aromatic rings. The maximum Gasteiger partial charge on any atom is 0.340 e. The van der Waals surface area contributed by atoms with Crippen molar-refractivity contribution in [2.45, 2.75) is 155 Å². The Labute approximate surface area is 298 Å². The number of ketones is 1. The van der Waals surface area contributed by atoms with E-state index in [2.05, 4.69) is 19.2 Å². The number of nitrogens with two attached hydrogens (primary N) is 1. The van der Waals surface area contributed by atoms with Gasteiger partial charge in [-0.2, -0.15) is 0 Å². The number of allylic oxidation sites excluding steroid dienone is 1. The lowest BCUT2D eigenvalue weighted by molar-refractivity contribution is -0.185. The molecule has 282 valence electrons. The highest BCUT2D eigenvalue weighted by Gasteiger charge is 2.50. The third kappa shape index (κ3) is 18.3. The SMILES string of the molecule is CCCCCCCC(=O)CCCCCCC=C[C@H](C(=O)N[C@@H](Cc1ccc(OCCCC)cc1)C(=O)O)[C@@](O)(CC(N)=O)C(=O)OC(C)(C)C. The molecule has 5 N–H and O–H groups in total. The number of rotatable bonds is 27. The van der Waals surface area contributed by atoms with Crippen molar-refractivity contribution in [1.82, 2.24) is 5.32 Å². The molecule has 0 aromatic heterocycles. The second kappa shape index (κ2) is 23.6. The summed E-state index contributed by atoms with van der Waals surface area (Å²) in [6.45, 7) is 9.49. The molecule has 3 atom stereocenters. The summed E-state index contributed by atoms with van der Waals surface area (Å²) in [6.07, 6.45) is 14.2. The third-order valence-electron chi connectivity index (χ3n) is 8.20. The summed E-state index contributed by atoms with van der Waals surface area (Å²) in [5, 5.41) is 24.1. The highest BCUT2D eigenvalue weighted by Crippen LogP contribution is 2.29. The standard InChI is InChI=1S/C39H62N2O9/c1-6-8-10-13-16-19-30(42)20-17-14-11-12-15-18-21-32(39(48,28-34(40)43)37(47)50-38(3,4)5)35(44)41-33(36(45)46)27-29-22-24-31(25-23-29)49-26-9-7-2/h18,21-25,32-33,48H,6-17,19-20,26-28H2,1-5H3,(H2,40,43)(H,41,44)(H,45,46)/t32-,33+,39+/m1/s1. The summed E-state index contributed by atoms with van der Waals surface area (Å²) in [5.74, 6) is -5.33. The number of aliphatic carboxylic acids is 1. The number of Topliss-reactive ketones (excluding diaryl/α,β-unsaturated/α-hetero) is 1. The number of nitrogens with one attached hydrogen (secondary N) is 1. The molecule has 0 saturated heterocycles. The number of hydrogen-bond acceptors (Lipinski definition) is 8. The zero-order chi connectivity index (χ0) is 37.6. The van der Waals surface area contributed by atoms with Crippen molar-refractivity contribution < 1.29 is 43.7 Å². The second-order valence-corrected chi connectivity index (χ2v) is 14.1. The predicted octanol–water partition coefficient (Wildman–Crippen LogP) is 6.37. The molecule has 0 spiro atoms. The molecule has 50 heavy (non-hydrogen) atoms. The van der Waals surface area contributed by atoms with E-state index in [1.54, 1.807) is 51.1 Å². The maximum atomic E-state index is 13.7. The number of carbonyl (C=O) groups excluding carboxylic acids is 4. The molecule has 0 heterocycles. The van der Waals surface area contributed by atoms with E-state index in [-0.39, 0.29) is 6.42 Å². The van der Waals surface area contributed by atoms with Crippen molar-refractivity contribution >= 4 is 29.5 Å². The van der Waals surface area contributed by atoms with Crippen LogP contribution in [0.1, 0.15) is 136 Å². The number of carbonyl (C=O) groups is 5. The smallest absolute Gasteiger partial charge is 0.340 e. The topological polar surface area (TPSA) is 182 Å². The number of carboxylic acid groups (broad SMARTS) is 1. The Morgan fingerprint density at radius 3 is 1.98 bits per heavy atom. The van der Waals surface area contributed by atoms with Crippen LogP contribution in [0.25, 0.3) is 0 Å². The van der Waals surface area contributed by atoms with E-state index in [9.17, 15) is 34.2 Å². The number of benzene rings is 1. The maximum absolute atomic E-state index is 13.7. The van der Waals surface area contributed by atoms with Gasteiger partial charge >= 0.3 is 11.9 Å². The van der Waals surface area contributed by atoms with E-state index in [1.165, 1.54) is 25.3 Å². The number of primary amides is 1. The molecule has 0 aliphatic heterocycles. The van der Waals surface area contributed by atoms with E-state index in [4.69, 9.17) is 15.2 Å². The van der Waals surface area contributed by atoms with E-state index in [1.807, 2.05) is 0 Å². The van der Waals surface area contributed by atoms with Gasteiger partial charge in [0.25, 0.3) is 0 Å². The molecule has 1 aromatic carbocycles. The summed E-state index contributed by atoms with van der Waals surface area (Å²) in [5.41, 5.74) is 2.26. The average Bonchev–Trinajstić information content (AvgIpc) is 3.03. The van der Waals surface area contributed by atoms with Gasteiger partial charge in [-0.3, -0.25) is 14.4 Å². The molecule has 0 aliphatic rings. The molecule has 1 rings (SSSR count). The molecule has 0 unspecified atom stereocenters. The van der Waals surface area contributed by atoms with Crippen LogP contribution in [0, 0.1) is 5.92 Å². The molecular weight excluding hydrogens is 640 g/mol. The zero-order valence-electron chi connectivity index (χ0n) is 31.0. The summed E-state index contributed by atoms with van der Waals surface area (Å²) < 4.78 is 11.1. The van der Waals surface area contributed by atoms with E-state index in [0.717, 1.165) is 44.9 Å². The minimum atomic E-state index is -2.70. The molecule has 11 heteroatoms. The van der Waals surface area contributed by atoms with Gasteiger partial charge in [-0.15, -0.1) is 0 Å². The number of amides is 2. The molecule has 11 nitrogen and oxygen atoms in total. The first-order chi connectivity index (χ1) is 23.6. The normalized spacial score (nSPS) is 14.0. The number of carboxylic acids is 1. The molecule has 0 radical (unpaired) electrons. The van der Waals surface area contributed by atoms with Gasteiger partial charge in [0, 0.05) is 19.3 Å². The Hall–Kier alpha value is -3.73. The third-order valence-corrected chi connectivity index (χ3v) is 8.20. The van der Waals surface area contributed by atoms with Crippen molar-refractivity contribution in [2.75, 3.05) is 6.61 Å². The number of hydrogen-bond donors (Lipinski definition) is 4. The monoisotopic (exact) mass is 702 g/mol. The van der Waals surface area contributed by atoms with E-state index >= 15 is 0 Å². The quantitative estimate of drug-likeness (QED) is 0.0460. The summed E-state index contributed by atoms with van der Waals surface area (Å²) in [7, 11) is 0. The lowest BCUT2D eigenvalue weighted by Crippen LogP contribution is -2.57. The van der Waals surface area contributed by atoms with Gasteiger partial charge in [-0.1, -0.05) is 83.1 Å². The van der Waals surface area contributed by atoms with Crippen molar-refractivity contribution in [3.05, 3.63) is 42.0 Å². The van der Waals surface area contributed by atoms with Gasteiger partial charge in [0.1, 0.15) is 23.2 Å². The fourth-order valence-corrected chi connectivity index (χ4v) is 5.38. The first kappa shape index (κ1) is 44.3. The molecule has 2 amide bonds. The van der Waals surface area contributed by atoms with Crippen LogP contribution >= 0.6 is 0 Å². The minimum absolute atomic E-state index is 0.0885. The highest BCUT2D eigenvalue weighted by molar-refractivity contribution is 5.96. The van der Waals surface area contributed by atoms with Crippen LogP contribution in [0.15, 0.2) is 36.4 Å². The van der Waals surface area contributed by atoms with E-state index in [0.29, 0.717) is 49.4 Å². The number of unbranched alkanes of at least 4 members (excludes halogenated alkanes) is 9. The minimum Gasteiger partial charge on any atom is -0.494 e. The van der Waals surface area contributed by atoms with Gasteiger partial charge < -0.3 is 30.7 Å². The fourth-order valence-electron chi connectivity index (χ4n) is 5.38. The largest absolute Gasteiger partial charge is 0.494 e. The van der Waals surface area contributed by atoms with Crippen molar-refractivity contribution in [3.63, 3.8) is 0 Å². The highest BCUT2D eigenvalue weighted by atomic mass is 16.6. The predicted molar refractivity (Wildman–Crippen MR) is 193 cm³/mol. The first-order valence-electron chi connectivity index (χ1n) is 18.3. The molecule has 0 bridgehead atoms. The molecular formula is C39H62N2O9. The Bertz CT molecular complexity index is 1220. The zero-order valence-corrected chi connectivity index (χ0v) is 31.0. The van der Waals surface area contributed by atoms with Gasteiger partial charge in [-0.05, 0) is 70.6 Å². The lowest BCUT2D eigenvalue weighted by Gasteiger charge is -2.34. The summed E-state index contributed by atoms with van der Waals surface area (Å²) in [6, 6.07) is 5.43. The Morgan fingerprint density at radius 1 is 0.860 bits per heavy atom. The van der Waals surface area contributed by atoms with Crippen LogP contribution < -0.4 is 15.8 Å². The average molecular weight is 703 g/mol. The Balaban J connectivity index is 3.03. The molecule has 0 saturated carbocycles. The van der Waals surface area contributed by atoms with Gasteiger partial charge in [0.05, 0.1) is 18.9 Å². The van der Waals surface area contributed by atoms with Crippen LogP contribution in [-0.2, 0) is 35.1 Å². The number of esters is 1. The van der Waals surface area contributed by atoms with E-state index < -0.39 is 53.3 Å². The first-order valence-corrected chi connectivity index (χ1v) is 18.3. The fraction of sp³-hybridized carbons (Fsp3) is 0.667. The van der Waals surface area contributed by atoms with Crippen molar-refractivity contribution in [1.29, 1.82) is 0 Å². The van der Waals surface area contributed by atoms with Gasteiger partial charge in [-0.25, -0.2) is 9.59 Å². The Morgan fingerprint density at radius 2 is 1.44 bits per heavy atom. The van der Waals surface area contributed by atoms with Crippen LogP contribution in [0.5, 0.6) is 5.75 Å². The van der Waals surface area contributed by atoms with Crippen LogP contribution in [0.3, 0.4) is 0 Å². The Kier molecular flexibility index (Phi) is 20.9.